The molecule has 2 rings (SSSR count). The lowest BCUT2D eigenvalue weighted by Gasteiger charge is -2.09. The van der Waals surface area contributed by atoms with E-state index in [1.807, 2.05) is 4.72 Å². The smallest absolute Gasteiger partial charge is 0.261 e. The van der Waals surface area contributed by atoms with E-state index in [0.29, 0.717) is 13.0 Å². The third-order valence-electron chi connectivity index (χ3n) is 2.84. The summed E-state index contributed by atoms with van der Waals surface area (Å²) in [5.41, 5.74) is 5.88. The van der Waals surface area contributed by atoms with Gasteiger partial charge in [0.15, 0.2) is 0 Å². The van der Waals surface area contributed by atoms with Crippen molar-refractivity contribution < 1.29 is 17.2 Å². The van der Waals surface area contributed by atoms with Gasteiger partial charge in [0.05, 0.1) is 10.6 Å². The van der Waals surface area contributed by atoms with Crippen molar-refractivity contribution in [3.8, 4) is 0 Å². The van der Waals surface area contributed by atoms with Gasteiger partial charge in [-0.3, -0.25) is 4.72 Å². The molecule has 7 heteroatoms. The summed E-state index contributed by atoms with van der Waals surface area (Å²) in [6.45, 7) is 0.457. The Morgan fingerprint density at radius 1 is 1.05 bits per heavy atom. The Kier molecular flexibility index (Phi) is 4.54. The van der Waals surface area contributed by atoms with E-state index in [9.17, 15) is 17.2 Å². The van der Waals surface area contributed by atoms with Crippen LogP contribution in [-0.2, 0) is 16.4 Å². The van der Waals surface area contributed by atoms with Gasteiger partial charge in [0.1, 0.15) is 11.6 Å². The molecule has 4 nitrogen and oxygen atoms in total. The quantitative estimate of drug-likeness (QED) is 0.889. The van der Waals surface area contributed by atoms with Crippen LogP contribution in [0, 0.1) is 11.6 Å². The van der Waals surface area contributed by atoms with Gasteiger partial charge in [-0.2, -0.15) is 0 Å². The van der Waals surface area contributed by atoms with Crippen LogP contribution in [0.25, 0.3) is 0 Å². The second kappa shape index (κ2) is 6.19. The number of hydrogen-bond acceptors (Lipinski definition) is 3. The number of nitrogens with two attached hydrogens (primary N) is 1. The number of halogens is 2. The molecule has 0 saturated heterocycles. The predicted octanol–water partition coefficient (Wildman–Crippen LogP) is 2.27. The van der Waals surface area contributed by atoms with Gasteiger partial charge in [-0.1, -0.05) is 12.1 Å². The lowest BCUT2D eigenvalue weighted by atomic mass is 10.2. The topological polar surface area (TPSA) is 72.2 Å². The zero-order chi connectivity index (χ0) is 15.5. The molecule has 112 valence electrons. The molecule has 2 aromatic carbocycles. The van der Waals surface area contributed by atoms with E-state index in [4.69, 9.17) is 5.73 Å². The molecule has 0 unspecified atom stereocenters. The first-order chi connectivity index (χ1) is 9.92. The van der Waals surface area contributed by atoms with Gasteiger partial charge in [-0.25, -0.2) is 17.2 Å². The Labute approximate surface area is 121 Å². The Morgan fingerprint density at radius 2 is 1.71 bits per heavy atom. The van der Waals surface area contributed by atoms with E-state index in [0.717, 1.165) is 23.8 Å². The van der Waals surface area contributed by atoms with Crippen molar-refractivity contribution in [2.75, 3.05) is 11.3 Å². The van der Waals surface area contributed by atoms with Gasteiger partial charge in [-0.15, -0.1) is 0 Å². The molecule has 0 aliphatic heterocycles. The number of sulfonamides is 1. The summed E-state index contributed by atoms with van der Waals surface area (Å²) >= 11 is 0. The minimum atomic E-state index is -3.97. The van der Waals surface area contributed by atoms with Crippen LogP contribution in [-0.4, -0.2) is 15.0 Å². The van der Waals surface area contributed by atoms with Crippen molar-refractivity contribution in [3.63, 3.8) is 0 Å². The normalized spacial score (nSPS) is 11.4. The standard InChI is InChI=1S/C14H14F2N2O2S/c15-11-3-6-13(16)14(9-11)18-21(19,20)12-4-1-10(2-5-12)7-8-17/h1-6,9,18H,7-8,17H2. The Hall–Kier alpha value is -1.99. The maximum Gasteiger partial charge on any atom is 0.261 e. The number of rotatable bonds is 5. The van der Waals surface area contributed by atoms with Crippen LogP contribution in [0.1, 0.15) is 5.56 Å². The van der Waals surface area contributed by atoms with Crippen molar-refractivity contribution in [2.45, 2.75) is 11.3 Å². The molecule has 0 saturated carbocycles. The highest BCUT2D eigenvalue weighted by atomic mass is 32.2. The van der Waals surface area contributed by atoms with E-state index in [2.05, 4.69) is 0 Å². The van der Waals surface area contributed by atoms with E-state index >= 15 is 0 Å². The van der Waals surface area contributed by atoms with Gasteiger partial charge in [-0.05, 0) is 42.8 Å². The fourth-order valence-electron chi connectivity index (χ4n) is 1.78. The monoisotopic (exact) mass is 312 g/mol. The fraction of sp³-hybridized carbons (Fsp3) is 0.143. The maximum atomic E-state index is 13.5. The molecule has 3 N–H and O–H groups in total. The molecule has 0 heterocycles. The third-order valence-corrected chi connectivity index (χ3v) is 4.22. The van der Waals surface area contributed by atoms with Crippen molar-refractivity contribution in [2.24, 2.45) is 5.73 Å². The molecular weight excluding hydrogens is 298 g/mol. The number of anilines is 1. The summed E-state index contributed by atoms with van der Waals surface area (Å²) < 4.78 is 52.8. The molecule has 0 amide bonds. The average molecular weight is 312 g/mol. The van der Waals surface area contributed by atoms with Crippen molar-refractivity contribution in [1.82, 2.24) is 0 Å². The molecule has 0 spiro atoms. The Balaban J connectivity index is 2.27. The van der Waals surface area contributed by atoms with Crippen LogP contribution in [0.15, 0.2) is 47.4 Å². The van der Waals surface area contributed by atoms with Crippen LogP contribution in [0.4, 0.5) is 14.5 Å². The highest BCUT2D eigenvalue weighted by Gasteiger charge is 2.16. The summed E-state index contributed by atoms with van der Waals surface area (Å²) in [6.07, 6.45) is 0.631. The van der Waals surface area contributed by atoms with Gasteiger partial charge >= 0.3 is 0 Å². The van der Waals surface area contributed by atoms with E-state index in [1.165, 1.54) is 12.1 Å². The van der Waals surface area contributed by atoms with Gasteiger partial charge in [0.25, 0.3) is 10.0 Å². The first-order valence-corrected chi connectivity index (χ1v) is 7.67. The number of benzene rings is 2. The first kappa shape index (κ1) is 15.4. The lowest BCUT2D eigenvalue weighted by molar-refractivity contribution is 0.594. The SMILES string of the molecule is NCCc1ccc(S(=O)(=O)Nc2cc(F)ccc2F)cc1. The predicted molar refractivity (Wildman–Crippen MR) is 76.4 cm³/mol. The van der Waals surface area contributed by atoms with Crippen molar-refractivity contribution in [1.29, 1.82) is 0 Å². The molecule has 0 radical (unpaired) electrons. The molecule has 0 bridgehead atoms. The highest BCUT2D eigenvalue weighted by Crippen LogP contribution is 2.20. The highest BCUT2D eigenvalue weighted by molar-refractivity contribution is 7.92. The van der Waals surface area contributed by atoms with E-state index in [-0.39, 0.29) is 4.90 Å². The van der Waals surface area contributed by atoms with Crippen molar-refractivity contribution >= 4 is 15.7 Å². The molecular formula is C14H14F2N2O2S. The molecule has 0 aliphatic carbocycles. The summed E-state index contributed by atoms with van der Waals surface area (Å²) in [4.78, 5) is -0.0352. The molecule has 0 aromatic heterocycles. The van der Waals surface area contributed by atoms with Gasteiger partial charge in [0, 0.05) is 6.07 Å². The number of nitrogens with one attached hydrogen (secondary N) is 1. The van der Waals surface area contributed by atoms with Crippen LogP contribution in [0.3, 0.4) is 0 Å². The first-order valence-electron chi connectivity index (χ1n) is 6.19. The van der Waals surface area contributed by atoms with Gasteiger partial charge < -0.3 is 5.73 Å². The number of hydrogen-bond donors (Lipinski definition) is 2. The second-order valence-electron chi connectivity index (χ2n) is 4.41. The summed E-state index contributed by atoms with van der Waals surface area (Å²) in [7, 11) is -3.97. The van der Waals surface area contributed by atoms with E-state index in [1.54, 1.807) is 12.1 Å². The lowest BCUT2D eigenvalue weighted by Crippen LogP contribution is -2.14. The zero-order valence-electron chi connectivity index (χ0n) is 11.0. The largest absolute Gasteiger partial charge is 0.330 e. The minimum absolute atomic E-state index is 0.0352. The zero-order valence-corrected chi connectivity index (χ0v) is 11.8. The third kappa shape index (κ3) is 3.77. The van der Waals surface area contributed by atoms with E-state index < -0.39 is 27.3 Å². The summed E-state index contributed by atoms with van der Waals surface area (Å²) in [5, 5.41) is 0. The van der Waals surface area contributed by atoms with Crippen LogP contribution in [0.5, 0.6) is 0 Å². The van der Waals surface area contributed by atoms with Crippen LogP contribution >= 0.6 is 0 Å². The summed E-state index contributed by atoms with van der Waals surface area (Å²) in [5.74, 6) is -1.58. The summed E-state index contributed by atoms with van der Waals surface area (Å²) in [6, 6.07) is 8.60. The molecule has 2 aromatic rings. The second-order valence-corrected chi connectivity index (χ2v) is 6.09. The van der Waals surface area contributed by atoms with Crippen molar-refractivity contribution in [3.05, 3.63) is 59.7 Å². The Morgan fingerprint density at radius 3 is 2.33 bits per heavy atom. The minimum Gasteiger partial charge on any atom is -0.330 e. The average Bonchev–Trinajstić information content (AvgIpc) is 2.44. The van der Waals surface area contributed by atoms with Gasteiger partial charge in [0.2, 0.25) is 0 Å². The van der Waals surface area contributed by atoms with Crippen LogP contribution in [0.2, 0.25) is 0 Å². The van der Waals surface area contributed by atoms with Crippen LogP contribution < -0.4 is 10.5 Å². The Bertz CT molecular complexity index is 731. The molecule has 0 atom stereocenters. The molecule has 0 aliphatic rings. The fourth-order valence-corrected chi connectivity index (χ4v) is 2.84. The molecule has 21 heavy (non-hydrogen) atoms. The maximum absolute atomic E-state index is 13.5. The molecule has 0 fully saturated rings.